The zero-order chi connectivity index (χ0) is 29.4. The molecule has 3 N–H and O–H groups in total. The van der Waals surface area contributed by atoms with Gasteiger partial charge in [0.05, 0.1) is 22.0 Å². The van der Waals surface area contributed by atoms with Crippen molar-refractivity contribution in [3.63, 3.8) is 0 Å². The van der Waals surface area contributed by atoms with Crippen LogP contribution in [0.4, 0.5) is 5.69 Å². The van der Waals surface area contributed by atoms with E-state index < -0.39 is 31.6 Å². The van der Waals surface area contributed by atoms with Crippen molar-refractivity contribution in [3.8, 4) is 5.75 Å². The molecule has 0 amide bonds. The van der Waals surface area contributed by atoms with E-state index in [2.05, 4.69) is 9.44 Å². The van der Waals surface area contributed by atoms with E-state index in [1.54, 1.807) is 42.5 Å². The molecule has 1 aromatic heterocycles. The van der Waals surface area contributed by atoms with Crippen LogP contribution in [0.25, 0.3) is 0 Å². The van der Waals surface area contributed by atoms with Crippen LogP contribution in [0.1, 0.15) is 35.6 Å². The molecule has 0 saturated heterocycles. The second-order valence-corrected chi connectivity index (χ2v) is 13.8. The lowest BCUT2D eigenvalue weighted by atomic mass is 9.87. The van der Waals surface area contributed by atoms with Gasteiger partial charge in [0.2, 0.25) is 10.0 Å². The molecule has 5 rings (SSSR count). The molecule has 0 aliphatic heterocycles. The van der Waals surface area contributed by atoms with Crippen LogP contribution in [0.5, 0.6) is 5.75 Å². The summed E-state index contributed by atoms with van der Waals surface area (Å²) in [4.78, 5) is 13.0. The molecule has 4 aromatic rings. The highest BCUT2D eigenvalue weighted by molar-refractivity contribution is 7.92. The monoisotopic (exact) mass is 634 g/mol. The molecular weight excluding hydrogens is 611 g/mol. The summed E-state index contributed by atoms with van der Waals surface area (Å²) in [5, 5.41) is 11.1. The van der Waals surface area contributed by atoms with Crippen molar-refractivity contribution in [2.45, 2.75) is 35.1 Å². The minimum atomic E-state index is -4.09. The first-order valence-electron chi connectivity index (χ1n) is 12.4. The van der Waals surface area contributed by atoms with Crippen molar-refractivity contribution in [3.05, 3.63) is 116 Å². The van der Waals surface area contributed by atoms with E-state index in [9.17, 15) is 26.7 Å². The highest BCUT2D eigenvalue weighted by atomic mass is 35.5. The first kappa shape index (κ1) is 29.2. The highest BCUT2D eigenvalue weighted by Crippen LogP contribution is 2.48. The van der Waals surface area contributed by atoms with E-state index in [0.717, 1.165) is 12.8 Å². The molecule has 214 valence electrons. The molecule has 1 fully saturated rings. The van der Waals surface area contributed by atoms with Gasteiger partial charge in [0.25, 0.3) is 10.0 Å². The van der Waals surface area contributed by atoms with Gasteiger partial charge >= 0.3 is 5.63 Å². The van der Waals surface area contributed by atoms with Gasteiger partial charge in [-0.25, -0.2) is 26.4 Å². The van der Waals surface area contributed by atoms with Gasteiger partial charge in [0.1, 0.15) is 16.4 Å². The Kier molecular flexibility index (Phi) is 8.18. The maximum Gasteiger partial charge on any atom is 0.343 e. The molecule has 1 heterocycles. The largest absolute Gasteiger partial charge is 0.507 e. The van der Waals surface area contributed by atoms with E-state index >= 15 is 0 Å². The van der Waals surface area contributed by atoms with Gasteiger partial charge in [-0.2, -0.15) is 0 Å². The Morgan fingerprint density at radius 1 is 0.902 bits per heavy atom. The van der Waals surface area contributed by atoms with Crippen molar-refractivity contribution in [2.24, 2.45) is 5.92 Å². The van der Waals surface area contributed by atoms with Crippen LogP contribution in [0.3, 0.4) is 0 Å². The summed E-state index contributed by atoms with van der Waals surface area (Å²) in [7, 11) is -7.96. The van der Waals surface area contributed by atoms with E-state index in [1.807, 2.05) is 0 Å². The third-order valence-corrected chi connectivity index (χ3v) is 10.1. The van der Waals surface area contributed by atoms with Crippen molar-refractivity contribution >= 4 is 48.9 Å². The maximum absolute atomic E-state index is 13.1. The summed E-state index contributed by atoms with van der Waals surface area (Å²) < 4.78 is 61.4. The Morgan fingerprint density at radius 3 is 2.32 bits per heavy atom. The molecule has 1 unspecified atom stereocenters. The van der Waals surface area contributed by atoms with Crippen LogP contribution in [0.15, 0.2) is 97.9 Å². The number of hydrogen-bond acceptors (Lipinski definition) is 7. The molecule has 41 heavy (non-hydrogen) atoms. The van der Waals surface area contributed by atoms with Crippen molar-refractivity contribution in [1.82, 2.24) is 4.72 Å². The Balaban J connectivity index is 1.42. The van der Waals surface area contributed by atoms with Crippen molar-refractivity contribution in [2.75, 3.05) is 4.72 Å². The zero-order valence-electron chi connectivity index (χ0n) is 21.3. The quantitative estimate of drug-likeness (QED) is 0.210. The van der Waals surface area contributed by atoms with Crippen LogP contribution in [-0.4, -0.2) is 21.9 Å². The average molecular weight is 636 g/mol. The standard InChI is InChI=1S/C28H24Cl2N2O7S2/c29-19-11-12-23(30)25(14-19)41(37,38)32-20-6-4-5-18(13-20)26(17-9-10-17)27-24(33)15-21(39-28(27)34)16-31-40(35,36)22-7-2-1-3-8-22/h1-8,11-15,17,26,31-33H,9-10,16H2. The summed E-state index contributed by atoms with van der Waals surface area (Å²) in [6, 6.07) is 19.5. The Morgan fingerprint density at radius 2 is 1.63 bits per heavy atom. The van der Waals surface area contributed by atoms with Crippen molar-refractivity contribution in [1.29, 1.82) is 0 Å². The third-order valence-electron chi connectivity index (χ3n) is 6.59. The molecule has 3 aromatic carbocycles. The number of nitrogens with one attached hydrogen (secondary N) is 2. The lowest BCUT2D eigenvalue weighted by Gasteiger charge is -2.19. The summed E-state index contributed by atoms with van der Waals surface area (Å²) in [6.45, 7) is -0.349. The zero-order valence-corrected chi connectivity index (χ0v) is 24.4. The number of hydrogen-bond donors (Lipinski definition) is 3. The van der Waals surface area contributed by atoms with Crippen LogP contribution in [0, 0.1) is 5.92 Å². The number of sulfonamides is 2. The van der Waals surface area contributed by atoms with E-state index in [0.29, 0.717) is 5.56 Å². The molecule has 9 nitrogen and oxygen atoms in total. The lowest BCUT2D eigenvalue weighted by Crippen LogP contribution is -2.24. The van der Waals surface area contributed by atoms with Gasteiger partial charge in [-0.3, -0.25) is 4.72 Å². The average Bonchev–Trinajstić information content (AvgIpc) is 3.76. The maximum atomic E-state index is 13.1. The second-order valence-electron chi connectivity index (χ2n) is 9.56. The number of benzene rings is 3. The molecule has 1 saturated carbocycles. The first-order chi connectivity index (χ1) is 19.4. The SMILES string of the molecule is O=c1oc(CNS(=O)(=O)c2ccccc2)cc(O)c1C(c1cccc(NS(=O)(=O)c2cc(Cl)ccc2Cl)c1)C1CC1. The van der Waals surface area contributed by atoms with Gasteiger partial charge < -0.3 is 9.52 Å². The second kappa shape index (κ2) is 11.5. The van der Waals surface area contributed by atoms with E-state index in [4.69, 9.17) is 27.6 Å². The fraction of sp³-hybridized carbons (Fsp3) is 0.179. The minimum Gasteiger partial charge on any atom is -0.507 e. The number of anilines is 1. The van der Waals surface area contributed by atoms with Gasteiger partial charge in [-0.1, -0.05) is 53.5 Å². The lowest BCUT2D eigenvalue weighted by molar-refractivity contribution is 0.401. The van der Waals surface area contributed by atoms with E-state index in [1.165, 1.54) is 36.4 Å². The fourth-order valence-electron chi connectivity index (χ4n) is 4.55. The summed E-state index contributed by atoms with van der Waals surface area (Å²) in [6.07, 6.45) is 1.58. The minimum absolute atomic E-state index is 0.00240. The smallest absolute Gasteiger partial charge is 0.343 e. The highest BCUT2D eigenvalue weighted by Gasteiger charge is 2.37. The number of rotatable bonds is 10. The van der Waals surface area contributed by atoms with Gasteiger partial charge in [-0.05, 0) is 66.8 Å². The molecule has 1 aliphatic rings. The van der Waals surface area contributed by atoms with Crippen LogP contribution < -0.4 is 15.1 Å². The first-order valence-corrected chi connectivity index (χ1v) is 16.2. The molecule has 0 spiro atoms. The van der Waals surface area contributed by atoms with Gasteiger partial charge in [0.15, 0.2) is 0 Å². The number of halogens is 2. The molecule has 13 heteroatoms. The van der Waals surface area contributed by atoms with Crippen LogP contribution >= 0.6 is 23.2 Å². The third kappa shape index (κ3) is 6.60. The van der Waals surface area contributed by atoms with Crippen LogP contribution in [0.2, 0.25) is 10.0 Å². The molecule has 1 aliphatic carbocycles. The van der Waals surface area contributed by atoms with Crippen molar-refractivity contribution < 1.29 is 26.4 Å². The molecule has 0 radical (unpaired) electrons. The molecule has 0 bridgehead atoms. The van der Waals surface area contributed by atoms with E-state index in [-0.39, 0.29) is 55.1 Å². The Bertz CT molecular complexity index is 1880. The molecule has 1 atom stereocenters. The normalized spacial score (nSPS) is 14.5. The molecular formula is C28H24Cl2N2O7S2. The van der Waals surface area contributed by atoms with Gasteiger partial charge in [0, 0.05) is 22.7 Å². The Hall–Kier alpha value is -3.35. The fourth-order valence-corrected chi connectivity index (χ4v) is 7.38. The predicted molar refractivity (Wildman–Crippen MR) is 155 cm³/mol. The predicted octanol–water partition coefficient (Wildman–Crippen LogP) is 5.47. The summed E-state index contributed by atoms with van der Waals surface area (Å²) >= 11 is 12.1. The number of aromatic hydroxyl groups is 1. The van der Waals surface area contributed by atoms with Crippen LogP contribution in [-0.2, 0) is 26.6 Å². The van der Waals surface area contributed by atoms with Gasteiger partial charge in [-0.15, -0.1) is 0 Å². The summed E-state index contributed by atoms with van der Waals surface area (Å²) in [5.41, 5.74) is 0.0117. The topological polar surface area (TPSA) is 143 Å². The summed E-state index contributed by atoms with van der Waals surface area (Å²) in [5.74, 6) is -0.977. The Labute approximate surface area is 246 Å².